The first-order valence-corrected chi connectivity index (χ1v) is 7.18. The fourth-order valence-corrected chi connectivity index (χ4v) is 3.56. The number of likely N-dealkylation sites (tertiary alicyclic amines) is 1. The molecule has 0 aromatic carbocycles. The summed E-state index contributed by atoms with van der Waals surface area (Å²) >= 11 is 0. The van der Waals surface area contributed by atoms with Gasteiger partial charge in [0, 0.05) is 25.2 Å². The molecule has 1 saturated heterocycles. The average molecular weight is 266 g/mol. The van der Waals surface area contributed by atoms with Gasteiger partial charge < -0.3 is 10.4 Å². The highest BCUT2D eigenvalue weighted by atomic mass is 16.4. The first-order valence-electron chi connectivity index (χ1n) is 7.18. The average Bonchev–Trinajstić information content (AvgIpc) is 3.18. The van der Waals surface area contributed by atoms with Crippen molar-refractivity contribution in [3.63, 3.8) is 0 Å². The van der Waals surface area contributed by atoms with Crippen molar-refractivity contribution in [1.82, 2.24) is 10.2 Å². The lowest BCUT2D eigenvalue weighted by Crippen LogP contribution is -2.39. The van der Waals surface area contributed by atoms with Crippen molar-refractivity contribution in [2.24, 2.45) is 17.3 Å². The smallest absolute Gasteiger partial charge is 0.307 e. The number of nitrogens with one attached hydrogen (secondary N) is 1. The Labute approximate surface area is 113 Å². The number of carboxylic acids is 1. The first kappa shape index (κ1) is 12.9. The van der Waals surface area contributed by atoms with Crippen molar-refractivity contribution in [3.05, 3.63) is 0 Å². The summed E-state index contributed by atoms with van der Waals surface area (Å²) in [5.41, 5.74) is -0.398. The van der Waals surface area contributed by atoms with Gasteiger partial charge in [0.05, 0.1) is 11.8 Å². The minimum Gasteiger partial charge on any atom is -0.481 e. The number of rotatable bonds is 4. The van der Waals surface area contributed by atoms with Gasteiger partial charge in [0.25, 0.3) is 0 Å². The van der Waals surface area contributed by atoms with Crippen LogP contribution in [-0.2, 0) is 9.59 Å². The van der Waals surface area contributed by atoms with Crippen LogP contribution in [0.25, 0.3) is 0 Å². The second kappa shape index (κ2) is 4.20. The molecular weight excluding hydrogens is 244 g/mol. The summed E-state index contributed by atoms with van der Waals surface area (Å²) in [4.78, 5) is 25.7. The van der Waals surface area contributed by atoms with Crippen molar-refractivity contribution >= 4 is 11.9 Å². The number of carbonyl (C=O) groups excluding carboxylic acids is 1. The summed E-state index contributed by atoms with van der Waals surface area (Å²) in [7, 11) is 0. The number of carbonyl (C=O) groups is 2. The van der Waals surface area contributed by atoms with E-state index in [4.69, 9.17) is 5.11 Å². The van der Waals surface area contributed by atoms with Crippen molar-refractivity contribution in [2.45, 2.75) is 45.2 Å². The number of amides is 1. The molecule has 5 nitrogen and oxygen atoms in total. The Bertz CT molecular complexity index is 417. The molecule has 0 aromatic rings. The molecule has 5 heteroatoms. The molecule has 106 valence electrons. The van der Waals surface area contributed by atoms with Crippen LogP contribution in [0.4, 0.5) is 0 Å². The quantitative estimate of drug-likeness (QED) is 0.785. The minimum atomic E-state index is -0.851. The number of aliphatic carboxylic acids is 1. The van der Waals surface area contributed by atoms with Crippen molar-refractivity contribution < 1.29 is 14.7 Å². The third-order valence-corrected chi connectivity index (χ3v) is 5.01. The van der Waals surface area contributed by atoms with Gasteiger partial charge in [0.2, 0.25) is 5.91 Å². The molecule has 3 aliphatic rings. The Morgan fingerprint density at radius 1 is 1.21 bits per heavy atom. The third kappa shape index (κ3) is 2.24. The van der Waals surface area contributed by atoms with Crippen LogP contribution in [0.15, 0.2) is 0 Å². The zero-order valence-corrected chi connectivity index (χ0v) is 11.6. The van der Waals surface area contributed by atoms with Crippen LogP contribution in [0.2, 0.25) is 0 Å². The molecule has 2 N–H and O–H groups in total. The van der Waals surface area contributed by atoms with Gasteiger partial charge in [0.15, 0.2) is 0 Å². The van der Waals surface area contributed by atoms with Crippen molar-refractivity contribution in [3.8, 4) is 0 Å². The SMILES string of the molecule is CC1(C)C(C(=O)O)C1C(=O)NC1CCN(C2CC2)C1. The van der Waals surface area contributed by atoms with Gasteiger partial charge in [-0.25, -0.2) is 0 Å². The molecule has 1 heterocycles. The molecule has 2 saturated carbocycles. The number of hydrogen-bond acceptors (Lipinski definition) is 3. The Morgan fingerprint density at radius 3 is 2.42 bits per heavy atom. The molecule has 0 spiro atoms. The summed E-state index contributed by atoms with van der Waals surface area (Å²) in [5, 5.41) is 12.2. The molecule has 1 aliphatic heterocycles. The van der Waals surface area contributed by atoms with Gasteiger partial charge in [-0.3, -0.25) is 14.5 Å². The predicted molar refractivity (Wildman–Crippen MR) is 69.5 cm³/mol. The number of nitrogens with zero attached hydrogens (tertiary/aromatic N) is 1. The Hall–Kier alpha value is -1.10. The van der Waals surface area contributed by atoms with Crippen LogP contribution in [0.1, 0.15) is 33.1 Å². The lowest BCUT2D eigenvalue weighted by Gasteiger charge is -2.16. The van der Waals surface area contributed by atoms with E-state index < -0.39 is 17.3 Å². The molecule has 3 fully saturated rings. The van der Waals surface area contributed by atoms with Gasteiger partial charge in [-0.15, -0.1) is 0 Å². The Balaban J connectivity index is 1.53. The zero-order chi connectivity index (χ0) is 13.8. The van der Waals surface area contributed by atoms with Crippen molar-refractivity contribution in [2.75, 3.05) is 13.1 Å². The Morgan fingerprint density at radius 2 is 1.89 bits per heavy atom. The fraction of sp³-hybridized carbons (Fsp3) is 0.857. The maximum atomic E-state index is 12.2. The van der Waals surface area contributed by atoms with E-state index >= 15 is 0 Å². The van der Waals surface area contributed by atoms with E-state index in [0.29, 0.717) is 0 Å². The lowest BCUT2D eigenvalue weighted by molar-refractivity contribution is -0.140. The summed E-state index contributed by atoms with van der Waals surface area (Å²) < 4.78 is 0. The molecule has 3 rings (SSSR count). The largest absolute Gasteiger partial charge is 0.481 e. The monoisotopic (exact) mass is 266 g/mol. The van der Waals surface area contributed by atoms with E-state index in [-0.39, 0.29) is 17.9 Å². The highest BCUT2D eigenvalue weighted by Crippen LogP contribution is 2.58. The number of hydrogen-bond donors (Lipinski definition) is 2. The summed E-state index contributed by atoms with van der Waals surface area (Å²) in [6.07, 6.45) is 3.57. The van der Waals surface area contributed by atoms with Gasteiger partial charge in [-0.1, -0.05) is 13.8 Å². The molecule has 19 heavy (non-hydrogen) atoms. The molecule has 1 amide bonds. The maximum Gasteiger partial charge on any atom is 0.307 e. The second-order valence-corrected chi connectivity index (χ2v) is 6.84. The van der Waals surface area contributed by atoms with E-state index in [1.54, 1.807) is 0 Å². The van der Waals surface area contributed by atoms with Gasteiger partial charge in [0.1, 0.15) is 0 Å². The van der Waals surface area contributed by atoms with E-state index in [1.807, 2.05) is 13.8 Å². The van der Waals surface area contributed by atoms with Gasteiger partial charge in [-0.2, -0.15) is 0 Å². The summed E-state index contributed by atoms with van der Waals surface area (Å²) in [6, 6.07) is 0.949. The third-order valence-electron chi connectivity index (χ3n) is 5.01. The van der Waals surface area contributed by atoms with E-state index in [0.717, 1.165) is 25.6 Å². The van der Waals surface area contributed by atoms with Crippen LogP contribution in [-0.4, -0.2) is 47.1 Å². The van der Waals surface area contributed by atoms with E-state index in [2.05, 4.69) is 10.2 Å². The molecular formula is C14H22N2O3. The normalized spacial score (nSPS) is 37.1. The van der Waals surface area contributed by atoms with Crippen LogP contribution in [0, 0.1) is 17.3 Å². The van der Waals surface area contributed by atoms with Crippen LogP contribution in [0.5, 0.6) is 0 Å². The highest BCUT2D eigenvalue weighted by molar-refractivity contribution is 5.91. The second-order valence-electron chi connectivity index (χ2n) is 6.84. The highest BCUT2D eigenvalue weighted by Gasteiger charge is 2.66. The van der Waals surface area contributed by atoms with Crippen LogP contribution < -0.4 is 5.32 Å². The maximum absolute atomic E-state index is 12.2. The molecule has 0 bridgehead atoms. The zero-order valence-electron chi connectivity index (χ0n) is 11.6. The fourth-order valence-electron chi connectivity index (χ4n) is 3.56. The standard InChI is InChI=1S/C14H22N2O3/c1-14(2)10(11(14)13(18)19)12(17)15-8-5-6-16(7-8)9-3-4-9/h8-11H,3-7H2,1-2H3,(H,15,17)(H,18,19). The predicted octanol–water partition coefficient (Wildman–Crippen LogP) is 0.696. The van der Waals surface area contributed by atoms with E-state index in [9.17, 15) is 9.59 Å². The van der Waals surface area contributed by atoms with Gasteiger partial charge in [-0.05, 0) is 24.7 Å². The topological polar surface area (TPSA) is 69.6 Å². The summed E-state index contributed by atoms with van der Waals surface area (Å²) in [6.45, 7) is 5.72. The lowest BCUT2D eigenvalue weighted by atomic mass is 10.1. The van der Waals surface area contributed by atoms with E-state index in [1.165, 1.54) is 12.8 Å². The molecule has 2 aliphatic carbocycles. The number of carboxylic acid groups (broad SMARTS) is 1. The minimum absolute atomic E-state index is 0.0694. The Kier molecular flexibility index (Phi) is 2.85. The molecule has 3 unspecified atom stereocenters. The van der Waals surface area contributed by atoms with Gasteiger partial charge >= 0.3 is 5.97 Å². The first-order chi connectivity index (χ1) is 8.91. The molecule has 0 aromatic heterocycles. The molecule has 3 atom stereocenters. The molecule has 0 radical (unpaired) electrons. The van der Waals surface area contributed by atoms with Crippen LogP contribution >= 0.6 is 0 Å². The summed E-state index contributed by atoms with van der Waals surface area (Å²) in [5.74, 6) is -1.80. The van der Waals surface area contributed by atoms with Crippen LogP contribution in [0.3, 0.4) is 0 Å². The van der Waals surface area contributed by atoms with Crippen molar-refractivity contribution in [1.29, 1.82) is 0 Å².